The number of nitrogens with zero attached hydrogens (tertiary/aromatic N) is 7. The lowest BCUT2D eigenvalue weighted by Crippen LogP contribution is -2.52. The van der Waals surface area contributed by atoms with Crippen molar-refractivity contribution in [3.8, 4) is 5.75 Å². The largest absolute Gasteiger partial charge is 0.478 e. The Balaban J connectivity index is 0.694. The highest BCUT2D eigenvalue weighted by Crippen LogP contribution is 2.45. The molecule has 3 N–H and O–H groups in total. The van der Waals surface area contributed by atoms with Crippen LogP contribution in [0, 0.1) is 5.41 Å². The van der Waals surface area contributed by atoms with Gasteiger partial charge in [0.05, 0.1) is 23.9 Å². The van der Waals surface area contributed by atoms with Crippen molar-refractivity contribution in [2.24, 2.45) is 5.41 Å². The van der Waals surface area contributed by atoms with Crippen molar-refractivity contribution >= 4 is 69.3 Å². The van der Waals surface area contributed by atoms with Gasteiger partial charge in [0, 0.05) is 92.6 Å². The molecule has 1 saturated carbocycles. The number of carbonyl (C=O) groups is 4. The van der Waals surface area contributed by atoms with Gasteiger partial charge < -0.3 is 39.4 Å². The molecule has 1 spiro atoms. The van der Waals surface area contributed by atoms with Crippen molar-refractivity contribution in [1.29, 1.82) is 0 Å². The summed E-state index contributed by atoms with van der Waals surface area (Å²) >= 11 is 6.62. The van der Waals surface area contributed by atoms with Crippen LogP contribution in [0.3, 0.4) is 0 Å². The molecule has 2 unspecified atom stereocenters. The number of anilines is 4. The Bertz CT molecular complexity index is 2650. The highest BCUT2D eigenvalue weighted by atomic mass is 35.5. The van der Waals surface area contributed by atoms with E-state index in [4.69, 9.17) is 26.1 Å². The summed E-state index contributed by atoms with van der Waals surface area (Å²) in [6, 6.07) is 13.2. The molecule has 7 heterocycles. The van der Waals surface area contributed by atoms with Gasteiger partial charge in [-0.3, -0.25) is 34.2 Å². The molecule has 0 radical (unpaired) electrons. The number of likely N-dealkylation sites (tertiary alicyclic amines) is 1. The van der Waals surface area contributed by atoms with Gasteiger partial charge in [-0.25, -0.2) is 4.98 Å². The molecule has 2 aromatic heterocycles. The van der Waals surface area contributed by atoms with Gasteiger partial charge in [-0.1, -0.05) is 11.6 Å². The molecule has 348 valence electrons. The highest BCUT2D eigenvalue weighted by molar-refractivity contribution is 6.33. The molecule has 1 aliphatic carbocycles. The smallest absolute Gasteiger partial charge is 0.293 e. The summed E-state index contributed by atoms with van der Waals surface area (Å²) in [5, 5.41) is 9.39. The van der Waals surface area contributed by atoms with Crippen LogP contribution in [0.15, 0.2) is 53.5 Å². The van der Waals surface area contributed by atoms with Crippen molar-refractivity contribution in [1.82, 2.24) is 35.0 Å². The molecule has 4 aromatic rings. The first-order valence-electron chi connectivity index (χ1n) is 23.3. The Kier molecular flexibility index (Phi) is 11.9. The summed E-state index contributed by atoms with van der Waals surface area (Å²) < 4.78 is 14.0. The van der Waals surface area contributed by atoms with Crippen molar-refractivity contribution in [2.75, 3.05) is 68.0 Å². The van der Waals surface area contributed by atoms with Crippen molar-refractivity contribution in [3.63, 3.8) is 0 Å². The van der Waals surface area contributed by atoms with Gasteiger partial charge in [-0.2, -0.15) is 4.98 Å². The third kappa shape index (κ3) is 8.56. The van der Waals surface area contributed by atoms with Crippen LogP contribution in [-0.2, 0) is 25.7 Å². The minimum atomic E-state index is -0.605. The predicted molar refractivity (Wildman–Crippen MR) is 250 cm³/mol. The molecule has 66 heavy (non-hydrogen) atoms. The SMILES string of the molecule is CNC(=O)COc1cc2cc(Nc3nc(N4CCC(O[C@H]5C[C@H](N6CCC7(CCN(c8ccc9c(c8)CN(C8CCC(=O)NC8=O)C9=O)C7)C6)C5)CC4)ncc3Cl)ccc2n(C(C)C)c1=O. The number of amides is 4. The van der Waals surface area contributed by atoms with Crippen LogP contribution in [0.1, 0.15) is 87.2 Å². The Morgan fingerprint density at radius 1 is 0.955 bits per heavy atom. The molecular formula is C48H57ClN10O7. The maximum atomic E-state index is 13.3. The monoisotopic (exact) mass is 920 g/mol. The normalized spacial score (nSPS) is 24.7. The van der Waals surface area contributed by atoms with Crippen LogP contribution in [0.25, 0.3) is 10.9 Å². The van der Waals surface area contributed by atoms with Gasteiger partial charge in [0.25, 0.3) is 17.4 Å². The molecule has 5 aliphatic heterocycles. The maximum absolute atomic E-state index is 13.3. The summed E-state index contributed by atoms with van der Waals surface area (Å²) in [6.07, 6.45) is 8.92. The third-order valence-electron chi connectivity index (χ3n) is 14.6. The third-order valence-corrected chi connectivity index (χ3v) is 14.9. The number of pyridine rings is 1. The van der Waals surface area contributed by atoms with Crippen LogP contribution in [-0.4, -0.2) is 125 Å². The van der Waals surface area contributed by atoms with E-state index in [9.17, 15) is 24.0 Å². The zero-order chi connectivity index (χ0) is 45.9. The van der Waals surface area contributed by atoms with E-state index >= 15 is 0 Å². The van der Waals surface area contributed by atoms with E-state index in [2.05, 4.69) is 47.8 Å². The zero-order valence-electron chi connectivity index (χ0n) is 37.7. The molecular weight excluding hydrogens is 864 g/mol. The van der Waals surface area contributed by atoms with Crippen molar-refractivity contribution in [2.45, 2.75) is 102 Å². The van der Waals surface area contributed by atoms with Crippen LogP contribution in [0.4, 0.5) is 23.1 Å². The predicted octanol–water partition coefficient (Wildman–Crippen LogP) is 4.77. The van der Waals surface area contributed by atoms with Gasteiger partial charge in [0.1, 0.15) is 11.1 Å². The Morgan fingerprint density at radius 3 is 2.53 bits per heavy atom. The number of ether oxygens (including phenoxy) is 2. The number of nitrogens with one attached hydrogen (secondary N) is 3. The first-order valence-corrected chi connectivity index (χ1v) is 23.7. The summed E-state index contributed by atoms with van der Waals surface area (Å²) in [4.78, 5) is 81.0. The molecule has 2 aromatic carbocycles. The van der Waals surface area contributed by atoms with E-state index < -0.39 is 6.04 Å². The standard InChI is InChI=1S/C48H57ClN10O7/c1-28(2)59-38-7-4-31(18-29(38)20-40(46(59)64)65-25-42(61)50-3)52-43-37(49)23-51-47(54-43)55-14-10-34(11-15-55)66-35-21-33(22-35)57-17-13-48(27-57)12-16-56(26-48)32-5-6-36-30(19-32)24-58(45(36)63)39-8-9-41(60)53-44(39)62/h4-7,18-20,23,28,33-35,39H,8-17,21-22,24-27H2,1-3H3,(H,50,61)(H,51,52,54)(H,53,60,62)/t33-,35-,39?,48?. The van der Waals surface area contributed by atoms with Crippen LogP contribution in [0.5, 0.6) is 5.75 Å². The molecule has 0 bridgehead atoms. The van der Waals surface area contributed by atoms with Crippen LogP contribution >= 0.6 is 11.6 Å². The Morgan fingerprint density at radius 2 is 1.76 bits per heavy atom. The van der Waals surface area contributed by atoms with Gasteiger partial charge >= 0.3 is 0 Å². The number of piperidine rings is 2. The number of fused-ring (bicyclic) bond motifs is 2. The quantitative estimate of drug-likeness (QED) is 0.165. The van der Waals surface area contributed by atoms with Gasteiger partial charge in [-0.05, 0) is 113 Å². The summed E-state index contributed by atoms with van der Waals surface area (Å²) in [5.74, 6) is 0.0454. The first kappa shape index (κ1) is 44.1. The molecule has 6 aliphatic rings. The number of rotatable bonds is 12. The minimum absolute atomic E-state index is 0.0972. The van der Waals surface area contributed by atoms with E-state index in [1.807, 2.05) is 38.1 Å². The molecule has 18 heteroatoms. The lowest BCUT2D eigenvalue weighted by atomic mass is 9.85. The average molecular weight is 921 g/mol. The number of carbonyl (C=O) groups excluding carboxylic acids is 4. The molecule has 10 rings (SSSR count). The van der Waals surface area contributed by atoms with E-state index in [1.165, 1.54) is 13.5 Å². The summed E-state index contributed by atoms with van der Waals surface area (Å²) in [5.41, 5.74) is 4.16. The number of hydrogen-bond donors (Lipinski definition) is 3. The van der Waals surface area contributed by atoms with Crippen LogP contribution < -0.4 is 36.0 Å². The van der Waals surface area contributed by atoms with E-state index in [-0.39, 0.29) is 71.6 Å². The number of halogens is 1. The summed E-state index contributed by atoms with van der Waals surface area (Å²) in [6.45, 7) is 9.72. The van der Waals surface area contributed by atoms with E-state index in [1.54, 1.807) is 21.7 Å². The number of aromatic nitrogens is 3. The second-order valence-corrected chi connectivity index (χ2v) is 19.6. The fourth-order valence-electron chi connectivity index (χ4n) is 10.9. The van der Waals surface area contributed by atoms with Gasteiger partial charge in [-0.15, -0.1) is 0 Å². The van der Waals surface area contributed by atoms with E-state index in [0.717, 1.165) is 99.2 Å². The van der Waals surface area contributed by atoms with Gasteiger partial charge in [0.15, 0.2) is 18.2 Å². The Hall–Kier alpha value is -5.78. The van der Waals surface area contributed by atoms with Crippen molar-refractivity contribution in [3.05, 3.63) is 75.2 Å². The fourth-order valence-corrected chi connectivity index (χ4v) is 11.0. The fraction of sp³-hybridized carbons (Fsp3) is 0.521. The molecule has 4 amide bonds. The number of imide groups is 1. The number of hydrogen-bond acceptors (Lipinski definition) is 13. The van der Waals surface area contributed by atoms with Crippen molar-refractivity contribution < 1.29 is 28.7 Å². The lowest BCUT2D eigenvalue weighted by molar-refractivity contribution is -0.137. The number of benzene rings is 2. The first-order chi connectivity index (χ1) is 31.8. The zero-order valence-corrected chi connectivity index (χ0v) is 38.4. The number of likely N-dealkylation sites (N-methyl/N-ethyl adjacent to an activating group) is 1. The summed E-state index contributed by atoms with van der Waals surface area (Å²) in [7, 11) is 1.52. The van der Waals surface area contributed by atoms with Crippen LogP contribution in [0.2, 0.25) is 5.02 Å². The lowest BCUT2D eigenvalue weighted by Gasteiger charge is -2.44. The molecule has 5 fully saturated rings. The second-order valence-electron chi connectivity index (χ2n) is 19.2. The maximum Gasteiger partial charge on any atom is 0.293 e. The van der Waals surface area contributed by atoms with Gasteiger partial charge in [0.2, 0.25) is 17.8 Å². The molecule has 4 saturated heterocycles. The highest BCUT2D eigenvalue weighted by Gasteiger charge is 2.48. The molecule has 2 atom stereocenters. The minimum Gasteiger partial charge on any atom is -0.478 e. The average Bonchev–Trinajstić information content (AvgIpc) is 4.00. The second kappa shape index (κ2) is 17.8. The van der Waals surface area contributed by atoms with E-state index in [0.29, 0.717) is 41.4 Å². The Labute approximate surface area is 388 Å². The molecule has 17 nitrogen and oxygen atoms in total. The topological polar surface area (TPSA) is 184 Å².